The van der Waals surface area contributed by atoms with Crippen molar-refractivity contribution in [3.8, 4) is 11.5 Å². The number of carbonyl (C=O) groups is 1. The van der Waals surface area contributed by atoms with Gasteiger partial charge in [-0.15, -0.1) is 0 Å². The van der Waals surface area contributed by atoms with Gasteiger partial charge in [-0.1, -0.05) is 6.92 Å². The summed E-state index contributed by atoms with van der Waals surface area (Å²) < 4.78 is 0. The van der Waals surface area contributed by atoms with Crippen LogP contribution in [0.25, 0.3) is 0 Å². The van der Waals surface area contributed by atoms with Crippen molar-refractivity contribution in [2.45, 2.75) is 32.2 Å². The number of rotatable bonds is 5. The fourth-order valence-electron chi connectivity index (χ4n) is 2.56. The van der Waals surface area contributed by atoms with Gasteiger partial charge < -0.3 is 20.4 Å². The van der Waals surface area contributed by atoms with E-state index in [0.717, 1.165) is 25.8 Å². The fourth-order valence-corrected chi connectivity index (χ4v) is 2.56. The number of nitrogens with zero attached hydrogens (tertiary/aromatic N) is 1. The highest BCUT2D eigenvalue weighted by molar-refractivity contribution is 5.94. The highest BCUT2D eigenvalue weighted by Crippen LogP contribution is 2.25. The van der Waals surface area contributed by atoms with Crippen LogP contribution in [0.4, 0.5) is 0 Å². The molecule has 2 rings (SSSR count). The van der Waals surface area contributed by atoms with E-state index >= 15 is 0 Å². The van der Waals surface area contributed by atoms with Crippen molar-refractivity contribution in [2.24, 2.45) is 0 Å². The number of benzene rings is 1. The Labute approximate surface area is 119 Å². The molecule has 1 unspecified atom stereocenters. The molecule has 1 saturated heterocycles. The van der Waals surface area contributed by atoms with E-state index in [1.807, 2.05) is 11.8 Å². The van der Waals surface area contributed by atoms with Crippen molar-refractivity contribution >= 4 is 5.91 Å². The zero-order chi connectivity index (χ0) is 14.5. The Hall–Kier alpha value is -1.75. The average molecular weight is 278 g/mol. The van der Waals surface area contributed by atoms with Gasteiger partial charge in [-0.2, -0.15) is 0 Å². The zero-order valence-corrected chi connectivity index (χ0v) is 11.8. The molecule has 110 valence electrons. The molecule has 20 heavy (non-hydrogen) atoms. The third kappa shape index (κ3) is 3.42. The predicted molar refractivity (Wildman–Crippen MR) is 77.0 cm³/mol. The number of nitrogens with one attached hydrogen (secondary N) is 1. The minimum Gasteiger partial charge on any atom is -0.504 e. The summed E-state index contributed by atoms with van der Waals surface area (Å²) in [6, 6.07) is 4.57. The van der Waals surface area contributed by atoms with Crippen LogP contribution >= 0.6 is 0 Å². The molecule has 1 fully saturated rings. The second-order valence-corrected chi connectivity index (χ2v) is 5.25. The lowest BCUT2D eigenvalue weighted by atomic mass is 10.1. The van der Waals surface area contributed by atoms with Crippen LogP contribution in [0.3, 0.4) is 0 Å². The SMILES string of the molecule is CCCN(CC1CCCN1)C(=O)c1ccc(O)c(O)c1. The first-order valence-electron chi connectivity index (χ1n) is 7.16. The Balaban J connectivity index is 2.10. The van der Waals surface area contributed by atoms with Gasteiger partial charge in [-0.25, -0.2) is 0 Å². The molecular weight excluding hydrogens is 256 g/mol. The second kappa shape index (κ2) is 6.61. The zero-order valence-electron chi connectivity index (χ0n) is 11.8. The minimum atomic E-state index is -0.258. The highest BCUT2D eigenvalue weighted by atomic mass is 16.3. The molecule has 0 bridgehead atoms. The highest BCUT2D eigenvalue weighted by Gasteiger charge is 2.22. The topological polar surface area (TPSA) is 72.8 Å². The fraction of sp³-hybridized carbons (Fsp3) is 0.533. The van der Waals surface area contributed by atoms with E-state index in [-0.39, 0.29) is 17.4 Å². The summed E-state index contributed by atoms with van der Waals surface area (Å²) in [4.78, 5) is 14.3. The van der Waals surface area contributed by atoms with E-state index in [1.54, 1.807) is 6.07 Å². The summed E-state index contributed by atoms with van der Waals surface area (Å²) in [5, 5.41) is 22.2. The molecule has 0 aliphatic carbocycles. The summed E-state index contributed by atoms with van der Waals surface area (Å²) in [7, 11) is 0. The lowest BCUT2D eigenvalue weighted by Crippen LogP contribution is -2.41. The molecule has 0 radical (unpaired) electrons. The second-order valence-electron chi connectivity index (χ2n) is 5.25. The van der Waals surface area contributed by atoms with Crippen LogP contribution in [-0.2, 0) is 0 Å². The molecule has 5 nitrogen and oxygen atoms in total. The van der Waals surface area contributed by atoms with Gasteiger partial charge in [0.05, 0.1) is 0 Å². The Bertz CT molecular complexity index is 470. The molecule has 1 amide bonds. The van der Waals surface area contributed by atoms with Crippen LogP contribution < -0.4 is 5.32 Å². The smallest absolute Gasteiger partial charge is 0.254 e. The number of hydrogen-bond acceptors (Lipinski definition) is 4. The summed E-state index contributed by atoms with van der Waals surface area (Å²) in [6.07, 6.45) is 3.13. The van der Waals surface area contributed by atoms with Gasteiger partial charge >= 0.3 is 0 Å². The maximum Gasteiger partial charge on any atom is 0.254 e. The molecule has 1 aromatic carbocycles. The number of hydrogen-bond donors (Lipinski definition) is 3. The van der Waals surface area contributed by atoms with Crippen LogP contribution in [0, 0.1) is 0 Å². The van der Waals surface area contributed by atoms with E-state index in [9.17, 15) is 15.0 Å². The standard InChI is InChI=1S/C15H22N2O3/c1-2-8-17(10-12-4-3-7-16-12)15(20)11-5-6-13(18)14(19)9-11/h5-6,9,12,16,18-19H,2-4,7-8,10H2,1H3. The molecule has 1 aliphatic rings. The lowest BCUT2D eigenvalue weighted by molar-refractivity contribution is 0.0741. The van der Waals surface area contributed by atoms with Crippen molar-refractivity contribution in [3.05, 3.63) is 23.8 Å². The quantitative estimate of drug-likeness (QED) is 0.717. The Morgan fingerprint density at radius 1 is 1.40 bits per heavy atom. The molecule has 0 spiro atoms. The Morgan fingerprint density at radius 2 is 2.20 bits per heavy atom. The molecule has 3 N–H and O–H groups in total. The van der Waals surface area contributed by atoms with Gasteiger partial charge in [0.25, 0.3) is 5.91 Å². The van der Waals surface area contributed by atoms with Gasteiger partial charge in [-0.3, -0.25) is 4.79 Å². The molecule has 1 aliphatic heterocycles. The maximum atomic E-state index is 12.5. The van der Waals surface area contributed by atoms with Crippen molar-refractivity contribution in [1.29, 1.82) is 0 Å². The third-order valence-electron chi connectivity index (χ3n) is 3.61. The Kier molecular flexibility index (Phi) is 4.84. The van der Waals surface area contributed by atoms with E-state index in [0.29, 0.717) is 24.7 Å². The van der Waals surface area contributed by atoms with Gasteiger partial charge in [0, 0.05) is 24.7 Å². The summed E-state index contributed by atoms with van der Waals surface area (Å²) >= 11 is 0. The lowest BCUT2D eigenvalue weighted by Gasteiger charge is -2.25. The minimum absolute atomic E-state index is 0.101. The Morgan fingerprint density at radius 3 is 2.80 bits per heavy atom. The first kappa shape index (κ1) is 14.7. The maximum absolute atomic E-state index is 12.5. The monoisotopic (exact) mass is 278 g/mol. The van der Waals surface area contributed by atoms with Crippen molar-refractivity contribution in [1.82, 2.24) is 10.2 Å². The molecular formula is C15H22N2O3. The molecule has 0 aromatic heterocycles. The van der Waals surface area contributed by atoms with Gasteiger partial charge in [0.1, 0.15) is 0 Å². The van der Waals surface area contributed by atoms with Crippen LogP contribution in [-0.4, -0.2) is 46.7 Å². The molecule has 5 heteroatoms. The number of phenolic OH excluding ortho intramolecular Hbond substituents is 2. The van der Waals surface area contributed by atoms with E-state index < -0.39 is 0 Å². The molecule has 1 aromatic rings. The van der Waals surface area contributed by atoms with Crippen molar-refractivity contribution in [3.63, 3.8) is 0 Å². The molecule has 1 atom stereocenters. The largest absolute Gasteiger partial charge is 0.504 e. The van der Waals surface area contributed by atoms with Gasteiger partial charge in [-0.05, 0) is 44.0 Å². The molecule has 0 saturated carbocycles. The van der Waals surface area contributed by atoms with Crippen LogP contribution in [0.1, 0.15) is 36.5 Å². The van der Waals surface area contributed by atoms with Gasteiger partial charge in [0.2, 0.25) is 0 Å². The number of carbonyl (C=O) groups excluding carboxylic acids is 1. The van der Waals surface area contributed by atoms with Crippen molar-refractivity contribution < 1.29 is 15.0 Å². The van der Waals surface area contributed by atoms with Crippen molar-refractivity contribution in [2.75, 3.05) is 19.6 Å². The van der Waals surface area contributed by atoms with Crippen LogP contribution in [0.5, 0.6) is 11.5 Å². The molecule has 1 heterocycles. The summed E-state index contributed by atoms with van der Waals surface area (Å²) in [6.45, 7) is 4.43. The predicted octanol–water partition coefficient (Wildman–Crippen LogP) is 1.70. The van der Waals surface area contributed by atoms with Crippen LogP contribution in [0.15, 0.2) is 18.2 Å². The van der Waals surface area contributed by atoms with E-state index in [1.165, 1.54) is 12.1 Å². The number of phenols is 2. The number of amides is 1. The normalized spacial score (nSPS) is 18.1. The van der Waals surface area contributed by atoms with Gasteiger partial charge in [0.15, 0.2) is 11.5 Å². The summed E-state index contributed by atoms with van der Waals surface area (Å²) in [5.74, 6) is -0.566. The van der Waals surface area contributed by atoms with Crippen LogP contribution in [0.2, 0.25) is 0 Å². The van der Waals surface area contributed by atoms with E-state index in [2.05, 4.69) is 5.32 Å². The average Bonchev–Trinajstić information content (AvgIpc) is 2.93. The first-order valence-corrected chi connectivity index (χ1v) is 7.16. The van der Waals surface area contributed by atoms with E-state index in [4.69, 9.17) is 0 Å². The third-order valence-corrected chi connectivity index (χ3v) is 3.61. The summed E-state index contributed by atoms with van der Waals surface area (Å²) in [5.41, 5.74) is 0.409. The number of aromatic hydroxyl groups is 2. The first-order chi connectivity index (χ1) is 9.61.